The molecule has 0 aliphatic carbocycles. The number of hydrogen-bond donors (Lipinski definition) is 0. The lowest BCUT2D eigenvalue weighted by molar-refractivity contribution is -0.137. The van der Waals surface area contributed by atoms with E-state index < -0.39 is 0 Å². The highest BCUT2D eigenvalue weighted by Crippen LogP contribution is 2.36. The van der Waals surface area contributed by atoms with Crippen LogP contribution < -0.4 is 0 Å². The van der Waals surface area contributed by atoms with Crippen molar-refractivity contribution in [2.24, 2.45) is 5.92 Å². The van der Waals surface area contributed by atoms with Crippen LogP contribution in [-0.4, -0.2) is 31.2 Å². The molecule has 0 radical (unpaired) electrons. The lowest BCUT2D eigenvalue weighted by atomic mass is 9.82. The van der Waals surface area contributed by atoms with E-state index in [1.807, 2.05) is 0 Å². The lowest BCUT2D eigenvalue weighted by Gasteiger charge is -2.36. The second-order valence-corrected chi connectivity index (χ2v) is 5.45. The monoisotopic (exact) mass is 240 g/mol. The van der Waals surface area contributed by atoms with Crippen LogP contribution in [0.1, 0.15) is 51.9 Å². The van der Waals surface area contributed by atoms with E-state index in [-0.39, 0.29) is 11.5 Å². The van der Waals surface area contributed by atoms with Gasteiger partial charge >= 0.3 is 0 Å². The minimum atomic E-state index is -0.122. The fourth-order valence-corrected chi connectivity index (χ4v) is 2.92. The molecule has 3 heteroatoms. The van der Waals surface area contributed by atoms with Crippen molar-refractivity contribution in [3.05, 3.63) is 0 Å². The molecule has 2 fully saturated rings. The van der Waals surface area contributed by atoms with Crippen molar-refractivity contribution in [1.82, 2.24) is 0 Å². The molecule has 2 aliphatic heterocycles. The summed E-state index contributed by atoms with van der Waals surface area (Å²) in [5.41, 5.74) is -0.122. The zero-order chi connectivity index (χ0) is 12.1. The van der Waals surface area contributed by atoms with Gasteiger partial charge in [-0.1, -0.05) is 19.8 Å². The highest BCUT2D eigenvalue weighted by Gasteiger charge is 2.42. The van der Waals surface area contributed by atoms with Crippen LogP contribution >= 0.6 is 0 Å². The van der Waals surface area contributed by atoms with Crippen LogP contribution in [-0.2, 0) is 14.3 Å². The van der Waals surface area contributed by atoms with E-state index >= 15 is 0 Å². The van der Waals surface area contributed by atoms with Gasteiger partial charge in [-0.2, -0.15) is 0 Å². The van der Waals surface area contributed by atoms with Gasteiger partial charge in [-0.15, -0.1) is 0 Å². The molecule has 1 spiro atoms. The van der Waals surface area contributed by atoms with Crippen LogP contribution in [0.15, 0.2) is 0 Å². The number of rotatable bonds is 5. The Morgan fingerprint density at radius 2 is 2.24 bits per heavy atom. The quantitative estimate of drug-likeness (QED) is 0.693. The van der Waals surface area contributed by atoms with Crippen molar-refractivity contribution in [3.8, 4) is 0 Å². The lowest BCUT2D eigenvalue weighted by Crippen LogP contribution is -2.42. The van der Waals surface area contributed by atoms with Crippen LogP contribution in [0.3, 0.4) is 0 Å². The maximum atomic E-state index is 12.1. The summed E-state index contributed by atoms with van der Waals surface area (Å²) in [5, 5.41) is 0. The van der Waals surface area contributed by atoms with E-state index in [9.17, 15) is 4.79 Å². The molecule has 2 unspecified atom stereocenters. The summed E-state index contributed by atoms with van der Waals surface area (Å²) in [6, 6.07) is 0. The number of unbranched alkanes of at least 4 members (excludes halogenated alkanes) is 2. The van der Waals surface area contributed by atoms with Gasteiger partial charge in [0.15, 0.2) is 0 Å². The molecule has 0 bridgehead atoms. The van der Waals surface area contributed by atoms with E-state index in [0.717, 1.165) is 45.3 Å². The predicted molar refractivity (Wildman–Crippen MR) is 66.0 cm³/mol. The van der Waals surface area contributed by atoms with E-state index in [2.05, 4.69) is 6.92 Å². The molecule has 0 saturated carbocycles. The van der Waals surface area contributed by atoms with Crippen LogP contribution in [0.5, 0.6) is 0 Å². The first-order valence-corrected chi connectivity index (χ1v) is 7.00. The van der Waals surface area contributed by atoms with Crippen LogP contribution in [0.4, 0.5) is 0 Å². The van der Waals surface area contributed by atoms with Crippen molar-refractivity contribution in [3.63, 3.8) is 0 Å². The Kier molecular flexibility index (Phi) is 4.57. The zero-order valence-corrected chi connectivity index (χ0v) is 10.9. The third-order valence-corrected chi connectivity index (χ3v) is 4.04. The summed E-state index contributed by atoms with van der Waals surface area (Å²) in [5.74, 6) is 0.676. The Morgan fingerprint density at radius 3 is 2.94 bits per heavy atom. The van der Waals surface area contributed by atoms with Crippen LogP contribution in [0.25, 0.3) is 0 Å². The normalized spacial score (nSPS) is 33.1. The summed E-state index contributed by atoms with van der Waals surface area (Å²) in [7, 11) is 0. The summed E-state index contributed by atoms with van der Waals surface area (Å²) in [6.45, 7) is 4.37. The molecule has 2 rings (SSSR count). The van der Waals surface area contributed by atoms with Crippen LogP contribution in [0.2, 0.25) is 0 Å². The zero-order valence-electron chi connectivity index (χ0n) is 10.9. The average molecular weight is 240 g/mol. The van der Waals surface area contributed by atoms with E-state index in [1.54, 1.807) is 0 Å². The predicted octanol–water partition coefficient (Wildman–Crippen LogP) is 2.72. The maximum Gasteiger partial charge on any atom is 0.136 e. The summed E-state index contributed by atoms with van der Waals surface area (Å²) in [6.07, 6.45) is 6.92. The number of carbonyl (C=O) groups excluding carboxylic acids is 1. The van der Waals surface area contributed by atoms with Crippen molar-refractivity contribution in [1.29, 1.82) is 0 Å². The molecule has 0 amide bonds. The first-order valence-electron chi connectivity index (χ1n) is 7.00. The van der Waals surface area contributed by atoms with Gasteiger partial charge in [0.05, 0.1) is 12.2 Å². The molecule has 0 N–H and O–H groups in total. The maximum absolute atomic E-state index is 12.1. The third-order valence-electron chi connectivity index (χ3n) is 4.04. The molecule has 98 valence electrons. The van der Waals surface area contributed by atoms with Crippen LogP contribution in [0, 0.1) is 5.92 Å². The van der Waals surface area contributed by atoms with Gasteiger partial charge < -0.3 is 9.47 Å². The van der Waals surface area contributed by atoms with Gasteiger partial charge in [0.2, 0.25) is 0 Å². The van der Waals surface area contributed by atoms with Gasteiger partial charge in [0, 0.05) is 32.0 Å². The Morgan fingerprint density at radius 1 is 1.35 bits per heavy atom. The smallest absolute Gasteiger partial charge is 0.136 e. The topological polar surface area (TPSA) is 35.5 Å². The second kappa shape index (κ2) is 5.96. The van der Waals surface area contributed by atoms with Crippen molar-refractivity contribution >= 4 is 5.78 Å². The highest BCUT2D eigenvalue weighted by molar-refractivity contribution is 5.81. The first-order chi connectivity index (χ1) is 8.26. The van der Waals surface area contributed by atoms with E-state index in [0.29, 0.717) is 12.4 Å². The van der Waals surface area contributed by atoms with Gasteiger partial charge in [-0.05, 0) is 19.3 Å². The van der Waals surface area contributed by atoms with E-state index in [1.165, 1.54) is 12.8 Å². The Bertz CT molecular complexity index is 256. The largest absolute Gasteiger partial charge is 0.378 e. The Labute approximate surface area is 104 Å². The third kappa shape index (κ3) is 3.29. The number of hydrogen-bond acceptors (Lipinski definition) is 3. The molecule has 0 aromatic rings. The Balaban J connectivity index is 1.82. The number of Topliss-reactive ketones (excluding diaryl/α,β-unsaturated/α-hetero) is 1. The fraction of sp³-hybridized carbons (Fsp3) is 0.929. The standard InChI is InChI=1S/C14H24O3/c1-2-3-4-5-13(15)12-6-8-17-14(10-12)7-9-16-11-14/h12H,2-11H2,1H3. The molecular weight excluding hydrogens is 216 g/mol. The molecule has 2 saturated heterocycles. The highest BCUT2D eigenvalue weighted by atomic mass is 16.6. The summed E-state index contributed by atoms with van der Waals surface area (Å²) < 4.78 is 11.3. The molecule has 2 aliphatic rings. The summed E-state index contributed by atoms with van der Waals surface area (Å²) in [4.78, 5) is 12.1. The van der Waals surface area contributed by atoms with Crippen molar-refractivity contribution in [2.75, 3.05) is 19.8 Å². The van der Waals surface area contributed by atoms with E-state index in [4.69, 9.17) is 9.47 Å². The molecule has 2 heterocycles. The number of ketones is 1. The summed E-state index contributed by atoms with van der Waals surface area (Å²) >= 11 is 0. The molecule has 2 atom stereocenters. The number of carbonyl (C=O) groups is 1. The molecule has 17 heavy (non-hydrogen) atoms. The van der Waals surface area contributed by atoms with Crippen molar-refractivity contribution < 1.29 is 14.3 Å². The first kappa shape index (κ1) is 13.0. The minimum Gasteiger partial charge on any atom is -0.378 e. The molecule has 0 aromatic heterocycles. The van der Waals surface area contributed by atoms with Crippen molar-refractivity contribution in [2.45, 2.75) is 57.5 Å². The van der Waals surface area contributed by atoms with Gasteiger partial charge in [-0.3, -0.25) is 4.79 Å². The SMILES string of the molecule is CCCCCC(=O)C1CCOC2(CCOC2)C1. The fourth-order valence-electron chi connectivity index (χ4n) is 2.92. The molecule has 0 aromatic carbocycles. The molecular formula is C14H24O3. The van der Waals surface area contributed by atoms with Gasteiger partial charge in [-0.25, -0.2) is 0 Å². The average Bonchev–Trinajstić information content (AvgIpc) is 2.77. The molecule has 3 nitrogen and oxygen atoms in total. The van der Waals surface area contributed by atoms with Gasteiger partial charge in [0.1, 0.15) is 5.78 Å². The second-order valence-electron chi connectivity index (χ2n) is 5.45. The number of ether oxygens (including phenoxy) is 2. The Hall–Kier alpha value is -0.410. The minimum absolute atomic E-state index is 0.122. The van der Waals surface area contributed by atoms with Gasteiger partial charge in [0.25, 0.3) is 0 Å².